The Kier molecular flexibility index (Phi) is 7.19. The van der Waals surface area contributed by atoms with Crippen LogP contribution >= 0.6 is 11.8 Å². The van der Waals surface area contributed by atoms with E-state index in [-0.39, 0.29) is 17.1 Å². The highest BCUT2D eigenvalue weighted by molar-refractivity contribution is 7.99. The van der Waals surface area contributed by atoms with Gasteiger partial charge in [-0.05, 0) is 50.8 Å². The molecule has 0 unspecified atom stereocenters. The van der Waals surface area contributed by atoms with Crippen LogP contribution in [-0.4, -0.2) is 25.7 Å². The molecule has 0 saturated heterocycles. The quantitative estimate of drug-likeness (QED) is 0.267. The number of para-hydroxylation sites is 1. The van der Waals surface area contributed by atoms with E-state index in [1.807, 2.05) is 44.2 Å². The number of carbonyl (C=O) groups is 1. The van der Waals surface area contributed by atoms with Crippen LogP contribution in [0.1, 0.15) is 55.4 Å². The van der Waals surface area contributed by atoms with Crippen LogP contribution < -0.4 is 5.56 Å². The monoisotopic (exact) mass is 425 g/mol. The third kappa shape index (κ3) is 4.69. The van der Waals surface area contributed by atoms with Crippen LogP contribution in [0.15, 0.2) is 40.3 Å². The van der Waals surface area contributed by atoms with Crippen molar-refractivity contribution in [2.24, 2.45) is 5.92 Å². The number of thioether (sulfide) groups is 1. The summed E-state index contributed by atoms with van der Waals surface area (Å²) in [6.45, 7) is 12.0. The molecule has 0 radical (unpaired) electrons. The van der Waals surface area contributed by atoms with Crippen molar-refractivity contribution >= 4 is 28.4 Å². The lowest BCUT2D eigenvalue weighted by Gasteiger charge is -2.14. The van der Waals surface area contributed by atoms with E-state index in [1.54, 1.807) is 4.57 Å². The van der Waals surface area contributed by atoms with Crippen LogP contribution in [0, 0.1) is 19.8 Å². The maximum atomic E-state index is 13.1. The topological polar surface area (TPSA) is 56.9 Å². The van der Waals surface area contributed by atoms with Crippen molar-refractivity contribution in [3.63, 3.8) is 0 Å². The van der Waals surface area contributed by atoms with E-state index >= 15 is 0 Å². The molecule has 5 nitrogen and oxygen atoms in total. The number of hydrogen-bond acceptors (Lipinski definition) is 4. The van der Waals surface area contributed by atoms with Crippen LogP contribution in [0.5, 0.6) is 0 Å². The maximum absolute atomic E-state index is 13.1. The van der Waals surface area contributed by atoms with E-state index in [4.69, 9.17) is 4.98 Å². The number of aromatic nitrogens is 3. The Balaban J connectivity index is 1.89. The first-order valence-corrected chi connectivity index (χ1v) is 11.6. The lowest BCUT2D eigenvalue weighted by Crippen LogP contribution is -2.24. The zero-order chi connectivity index (χ0) is 21.8. The predicted molar refractivity (Wildman–Crippen MR) is 125 cm³/mol. The number of benzene rings is 1. The average molecular weight is 426 g/mol. The fourth-order valence-electron chi connectivity index (χ4n) is 3.70. The van der Waals surface area contributed by atoms with Crippen molar-refractivity contribution in [3.8, 4) is 0 Å². The zero-order valence-electron chi connectivity index (χ0n) is 18.6. The van der Waals surface area contributed by atoms with Crippen LogP contribution in [0.3, 0.4) is 0 Å². The minimum atomic E-state index is -0.0303. The first-order valence-electron chi connectivity index (χ1n) is 10.7. The molecule has 2 heterocycles. The number of rotatable bonds is 9. The molecule has 160 valence electrons. The van der Waals surface area contributed by atoms with Crippen molar-refractivity contribution in [2.45, 2.75) is 65.7 Å². The van der Waals surface area contributed by atoms with Crippen LogP contribution in [0.4, 0.5) is 0 Å². The third-order valence-corrected chi connectivity index (χ3v) is 6.39. The molecule has 0 spiro atoms. The van der Waals surface area contributed by atoms with Gasteiger partial charge in [-0.15, -0.1) is 0 Å². The fraction of sp³-hybridized carbons (Fsp3) is 0.458. The van der Waals surface area contributed by atoms with Crippen LogP contribution in [-0.2, 0) is 13.1 Å². The first-order chi connectivity index (χ1) is 14.3. The lowest BCUT2D eigenvalue weighted by atomic mass is 10.1. The molecule has 0 aliphatic rings. The summed E-state index contributed by atoms with van der Waals surface area (Å²) in [5, 5.41) is 1.25. The molecule has 30 heavy (non-hydrogen) atoms. The molecule has 1 aromatic carbocycles. The number of aryl methyl sites for hydroxylation is 1. The molecule has 2 aromatic heterocycles. The van der Waals surface area contributed by atoms with Crippen molar-refractivity contribution in [1.82, 2.24) is 14.1 Å². The van der Waals surface area contributed by atoms with Gasteiger partial charge < -0.3 is 4.57 Å². The largest absolute Gasteiger partial charge is 0.348 e. The SMILES string of the molecule is CCCn1c(C)cc(C(=O)CSc2nc3ccccc3c(=O)n2CCC(C)C)c1C. The van der Waals surface area contributed by atoms with Gasteiger partial charge in [0.1, 0.15) is 0 Å². The highest BCUT2D eigenvalue weighted by atomic mass is 32.2. The average Bonchev–Trinajstić information content (AvgIpc) is 3.00. The number of fused-ring (bicyclic) bond motifs is 1. The van der Waals surface area contributed by atoms with Crippen molar-refractivity contribution < 1.29 is 4.79 Å². The number of carbonyl (C=O) groups excluding carboxylic acids is 1. The summed E-state index contributed by atoms with van der Waals surface area (Å²) < 4.78 is 3.94. The Morgan fingerprint density at radius 1 is 1.13 bits per heavy atom. The first kappa shape index (κ1) is 22.3. The summed E-state index contributed by atoms with van der Waals surface area (Å²) >= 11 is 1.36. The molecule has 6 heteroatoms. The second kappa shape index (κ2) is 9.65. The summed E-state index contributed by atoms with van der Waals surface area (Å²) in [5.74, 6) is 0.822. The molecule has 3 rings (SSSR count). The highest BCUT2D eigenvalue weighted by Crippen LogP contribution is 2.23. The lowest BCUT2D eigenvalue weighted by molar-refractivity contribution is 0.102. The molecule has 0 atom stereocenters. The summed E-state index contributed by atoms with van der Waals surface area (Å²) in [6.07, 6.45) is 1.92. The molecule has 0 N–H and O–H groups in total. The molecule has 3 aromatic rings. The molecule has 0 aliphatic heterocycles. The van der Waals surface area contributed by atoms with E-state index in [1.165, 1.54) is 11.8 Å². The van der Waals surface area contributed by atoms with Gasteiger partial charge in [0, 0.05) is 30.0 Å². The number of hydrogen-bond donors (Lipinski definition) is 0. The minimum Gasteiger partial charge on any atom is -0.348 e. The maximum Gasteiger partial charge on any atom is 0.262 e. The third-order valence-electron chi connectivity index (χ3n) is 5.41. The number of ketones is 1. The van der Waals surface area contributed by atoms with Crippen molar-refractivity contribution in [3.05, 3.63) is 57.6 Å². The van der Waals surface area contributed by atoms with E-state index in [0.29, 0.717) is 28.5 Å². The van der Waals surface area contributed by atoms with Gasteiger partial charge in [-0.25, -0.2) is 4.98 Å². The Labute approximate surface area is 182 Å². The summed E-state index contributed by atoms with van der Waals surface area (Å²) in [5.41, 5.74) is 3.55. The molecule has 0 fully saturated rings. The molecular formula is C24H31N3O2S. The Hall–Kier alpha value is -2.34. The summed E-state index contributed by atoms with van der Waals surface area (Å²) in [6, 6.07) is 9.40. The predicted octanol–water partition coefficient (Wildman–Crippen LogP) is 5.25. The van der Waals surface area contributed by atoms with Gasteiger partial charge in [-0.2, -0.15) is 0 Å². The number of Topliss-reactive ketones (excluding diaryl/α,β-unsaturated/α-hetero) is 1. The molecular weight excluding hydrogens is 394 g/mol. The summed E-state index contributed by atoms with van der Waals surface area (Å²) in [7, 11) is 0. The number of nitrogens with zero attached hydrogens (tertiary/aromatic N) is 3. The zero-order valence-corrected chi connectivity index (χ0v) is 19.4. The van der Waals surface area contributed by atoms with Gasteiger partial charge >= 0.3 is 0 Å². The standard InChI is InChI=1S/C24H31N3O2S/c1-6-12-26-17(4)14-20(18(26)5)22(28)15-30-24-25-21-10-8-7-9-19(21)23(29)27(24)13-11-16(2)3/h7-10,14,16H,6,11-13,15H2,1-5H3. The van der Waals surface area contributed by atoms with E-state index in [0.717, 1.165) is 36.3 Å². The Morgan fingerprint density at radius 3 is 2.57 bits per heavy atom. The van der Waals surface area contributed by atoms with Gasteiger partial charge in [0.05, 0.1) is 16.7 Å². The van der Waals surface area contributed by atoms with Crippen molar-refractivity contribution in [1.29, 1.82) is 0 Å². The van der Waals surface area contributed by atoms with Gasteiger partial charge in [-0.1, -0.05) is 44.7 Å². The van der Waals surface area contributed by atoms with Gasteiger partial charge in [0.15, 0.2) is 10.9 Å². The second-order valence-corrected chi connectivity index (χ2v) is 9.14. The normalized spacial score (nSPS) is 11.5. The fourth-order valence-corrected chi connectivity index (χ4v) is 4.61. The molecule has 0 aliphatic carbocycles. The van der Waals surface area contributed by atoms with Gasteiger partial charge in [0.25, 0.3) is 5.56 Å². The molecule has 0 saturated carbocycles. The van der Waals surface area contributed by atoms with E-state index in [2.05, 4.69) is 25.3 Å². The summed E-state index contributed by atoms with van der Waals surface area (Å²) in [4.78, 5) is 30.8. The van der Waals surface area contributed by atoms with E-state index < -0.39 is 0 Å². The van der Waals surface area contributed by atoms with Crippen molar-refractivity contribution in [2.75, 3.05) is 5.75 Å². The molecule has 0 bridgehead atoms. The second-order valence-electron chi connectivity index (χ2n) is 8.20. The van der Waals surface area contributed by atoms with E-state index in [9.17, 15) is 9.59 Å². The van der Waals surface area contributed by atoms with Crippen LogP contribution in [0.2, 0.25) is 0 Å². The Morgan fingerprint density at radius 2 is 1.87 bits per heavy atom. The van der Waals surface area contributed by atoms with Gasteiger partial charge in [-0.3, -0.25) is 14.2 Å². The highest BCUT2D eigenvalue weighted by Gasteiger charge is 2.18. The Bertz CT molecular complexity index is 1110. The van der Waals surface area contributed by atoms with Gasteiger partial charge in [0.2, 0.25) is 0 Å². The molecule has 0 amide bonds. The minimum absolute atomic E-state index is 0.0303. The van der Waals surface area contributed by atoms with Crippen LogP contribution in [0.25, 0.3) is 10.9 Å². The smallest absolute Gasteiger partial charge is 0.262 e.